The molecule has 82 valence electrons. The van der Waals surface area contributed by atoms with E-state index in [2.05, 4.69) is 15.0 Å². The fourth-order valence-corrected chi connectivity index (χ4v) is 1.26. The van der Waals surface area contributed by atoms with Crippen LogP contribution < -0.4 is 10.5 Å². The highest BCUT2D eigenvalue weighted by Gasteiger charge is 2.02. The van der Waals surface area contributed by atoms with Gasteiger partial charge in [-0.05, 0) is 6.07 Å². The highest BCUT2D eigenvalue weighted by molar-refractivity contribution is 6.30. The van der Waals surface area contributed by atoms with E-state index in [1.165, 1.54) is 12.4 Å². The Labute approximate surface area is 97.3 Å². The number of nitrogens with zero attached hydrogens (tertiary/aromatic N) is 3. The molecule has 0 aliphatic carbocycles. The molecule has 2 heterocycles. The third-order valence-corrected chi connectivity index (χ3v) is 2.00. The third kappa shape index (κ3) is 2.65. The zero-order valence-corrected chi connectivity index (χ0v) is 9.05. The molecule has 2 rings (SSSR count). The highest BCUT2D eigenvalue weighted by atomic mass is 35.5. The number of aromatic nitrogens is 3. The molecular weight excluding hydrogens is 228 g/mol. The Kier molecular flexibility index (Phi) is 3.28. The maximum atomic E-state index is 5.77. The van der Waals surface area contributed by atoms with E-state index >= 15 is 0 Å². The second-order valence-corrected chi connectivity index (χ2v) is 3.41. The van der Waals surface area contributed by atoms with Crippen molar-refractivity contribution in [3.05, 3.63) is 41.4 Å². The second kappa shape index (κ2) is 4.87. The molecule has 0 bridgehead atoms. The molecule has 2 aromatic rings. The number of pyridine rings is 1. The number of halogens is 1. The van der Waals surface area contributed by atoms with Gasteiger partial charge in [0.05, 0.1) is 16.9 Å². The van der Waals surface area contributed by atoms with E-state index in [4.69, 9.17) is 22.1 Å². The molecule has 6 heteroatoms. The molecule has 16 heavy (non-hydrogen) atoms. The van der Waals surface area contributed by atoms with Crippen LogP contribution in [-0.2, 0) is 6.54 Å². The van der Waals surface area contributed by atoms with Crippen molar-refractivity contribution in [2.75, 3.05) is 0 Å². The first kappa shape index (κ1) is 10.8. The minimum atomic E-state index is 0.229. The molecule has 0 fully saturated rings. The van der Waals surface area contributed by atoms with Crippen LogP contribution in [0.4, 0.5) is 0 Å². The Balaban J connectivity index is 2.20. The second-order valence-electron chi connectivity index (χ2n) is 2.98. The van der Waals surface area contributed by atoms with Crippen molar-refractivity contribution in [3.8, 4) is 11.8 Å². The van der Waals surface area contributed by atoms with Gasteiger partial charge in [-0.25, -0.2) is 4.98 Å². The number of hydrogen-bond acceptors (Lipinski definition) is 5. The van der Waals surface area contributed by atoms with E-state index in [0.29, 0.717) is 23.0 Å². The van der Waals surface area contributed by atoms with Crippen LogP contribution in [0.5, 0.6) is 11.8 Å². The molecule has 0 unspecified atom stereocenters. The fourth-order valence-electron chi connectivity index (χ4n) is 1.09. The number of hydrogen-bond donors (Lipinski definition) is 1. The monoisotopic (exact) mass is 236 g/mol. The Bertz CT molecular complexity index is 492. The van der Waals surface area contributed by atoms with Crippen LogP contribution in [-0.4, -0.2) is 15.0 Å². The van der Waals surface area contributed by atoms with Crippen LogP contribution in [0.2, 0.25) is 5.02 Å². The zero-order chi connectivity index (χ0) is 11.4. The largest absolute Gasteiger partial charge is 0.423 e. The fraction of sp³-hybridized carbons (Fsp3) is 0.100. The summed E-state index contributed by atoms with van der Waals surface area (Å²) in [6.45, 7) is 0.340. The molecule has 0 aliphatic heterocycles. The average Bonchev–Trinajstić information content (AvgIpc) is 2.29. The van der Waals surface area contributed by atoms with Crippen molar-refractivity contribution >= 4 is 11.6 Å². The quantitative estimate of drug-likeness (QED) is 0.879. The topological polar surface area (TPSA) is 73.9 Å². The Hall–Kier alpha value is -1.72. The van der Waals surface area contributed by atoms with Crippen LogP contribution in [0.1, 0.15) is 5.69 Å². The lowest BCUT2D eigenvalue weighted by atomic mass is 10.4. The van der Waals surface area contributed by atoms with Gasteiger partial charge in [0, 0.05) is 25.0 Å². The van der Waals surface area contributed by atoms with Crippen LogP contribution in [0.25, 0.3) is 0 Å². The van der Waals surface area contributed by atoms with Crippen molar-refractivity contribution in [3.63, 3.8) is 0 Å². The van der Waals surface area contributed by atoms with Gasteiger partial charge >= 0.3 is 6.01 Å². The van der Waals surface area contributed by atoms with Gasteiger partial charge in [0.15, 0.2) is 5.75 Å². The van der Waals surface area contributed by atoms with Gasteiger partial charge < -0.3 is 10.5 Å². The van der Waals surface area contributed by atoms with E-state index in [1.54, 1.807) is 18.3 Å². The standard InChI is InChI=1S/C10H9ClN4O/c11-7-3-9(6-13-5-7)16-10-14-2-1-8(4-12)15-10/h1-3,5-6H,4,12H2. The molecule has 0 atom stereocenters. The van der Waals surface area contributed by atoms with Crippen LogP contribution in [0, 0.1) is 0 Å². The number of nitrogens with two attached hydrogens (primary N) is 1. The molecule has 0 saturated heterocycles. The van der Waals surface area contributed by atoms with Crippen molar-refractivity contribution < 1.29 is 4.74 Å². The molecule has 5 nitrogen and oxygen atoms in total. The minimum Gasteiger partial charge on any atom is -0.423 e. The zero-order valence-electron chi connectivity index (χ0n) is 8.30. The summed E-state index contributed by atoms with van der Waals surface area (Å²) in [4.78, 5) is 11.9. The summed E-state index contributed by atoms with van der Waals surface area (Å²) >= 11 is 5.77. The molecule has 2 N–H and O–H groups in total. The lowest BCUT2D eigenvalue weighted by Crippen LogP contribution is -2.01. The van der Waals surface area contributed by atoms with Crippen LogP contribution in [0.15, 0.2) is 30.7 Å². The summed E-state index contributed by atoms with van der Waals surface area (Å²) in [6, 6.07) is 3.59. The highest BCUT2D eigenvalue weighted by Crippen LogP contribution is 2.19. The Morgan fingerprint density at radius 3 is 3.00 bits per heavy atom. The van der Waals surface area contributed by atoms with E-state index in [0.717, 1.165) is 0 Å². The van der Waals surface area contributed by atoms with E-state index < -0.39 is 0 Å². The van der Waals surface area contributed by atoms with Crippen LogP contribution in [0.3, 0.4) is 0 Å². The Morgan fingerprint density at radius 1 is 1.38 bits per heavy atom. The molecule has 0 saturated carbocycles. The van der Waals surface area contributed by atoms with Gasteiger partial charge in [-0.3, -0.25) is 4.98 Å². The van der Waals surface area contributed by atoms with Gasteiger partial charge in [-0.2, -0.15) is 4.98 Å². The van der Waals surface area contributed by atoms with Crippen molar-refractivity contribution in [1.82, 2.24) is 15.0 Å². The maximum absolute atomic E-state index is 5.77. The molecule has 0 aliphatic rings. The summed E-state index contributed by atoms with van der Waals surface area (Å²) in [5.74, 6) is 0.488. The third-order valence-electron chi connectivity index (χ3n) is 1.79. The summed E-state index contributed by atoms with van der Waals surface area (Å²) in [6.07, 6.45) is 4.64. The SMILES string of the molecule is NCc1ccnc(Oc2cncc(Cl)c2)n1. The summed E-state index contributed by atoms with van der Waals surface area (Å²) in [5, 5.41) is 0.493. The molecule has 0 spiro atoms. The lowest BCUT2D eigenvalue weighted by Gasteiger charge is -2.04. The van der Waals surface area contributed by atoms with Gasteiger partial charge in [-0.15, -0.1) is 0 Å². The predicted molar refractivity (Wildman–Crippen MR) is 59.2 cm³/mol. The minimum absolute atomic E-state index is 0.229. The van der Waals surface area contributed by atoms with E-state index in [-0.39, 0.29) is 6.01 Å². The first-order valence-corrected chi connectivity index (χ1v) is 4.96. The Morgan fingerprint density at radius 2 is 2.25 bits per heavy atom. The first-order valence-electron chi connectivity index (χ1n) is 4.58. The molecule has 0 aromatic carbocycles. The molecule has 2 aromatic heterocycles. The van der Waals surface area contributed by atoms with Crippen molar-refractivity contribution in [2.24, 2.45) is 5.73 Å². The van der Waals surface area contributed by atoms with Crippen molar-refractivity contribution in [1.29, 1.82) is 0 Å². The number of ether oxygens (including phenoxy) is 1. The molecular formula is C10H9ClN4O. The maximum Gasteiger partial charge on any atom is 0.322 e. The lowest BCUT2D eigenvalue weighted by molar-refractivity contribution is 0.437. The van der Waals surface area contributed by atoms with E-state index in [1.807, 2.05) is 0 Å². The number of rotatable bonds is 3. The average molecular weight is 237 g/mol. The first-order chi connectivity index (χ1) is 7.78. The summed E-state index contributed by atoms with van der Waals surface area (Å²) < 4.78 is 5.38. The van der Waals surface area contributed by atoms with Gasteiger partial charge in [-0.1, -0.05) is 11.6 Å². The summed E-state index contributed by atoms with van der Waals surface area (Å²) in [5.41, 5.74) is 6.17. The van der Waals surface area contributed by atoms with Gasteiger partial charge in [0.2, 0.25) is 0 Å². The van der Waals surface area contributed by atoms with Crippen molar-refractivity contribution in [2.45, 2.75) is 6.54 Å². The normalized spacial score (nSPS) is 10.1. The molecule has 0 amide bonds. The smallest absolute Gasteiger partial charge is 0.322 e. The predicted octanol–water partition coefficient (Wildman–Crippen LogP) is 1.78. The van der Waals surface area contributed by atoms with Gasteiger partial charge in [0.25, 0.3) is 0 Å². The van der Waals surface area contributed by atoms with Crippen LogP contribution >= 0.6 is 11.6 Å². The van der Waals surface area contributed by atoms with Gasteiger partial charge in [0.1, 0.15) is 0 Å². The van der Waals surface area contributed by atoms with E-state index in [9.17, 15) is 0 Å². The molecule has 0 radical (unpaired) electrons. The summed E-state index contributed by atoms with van der Waals surface area (Å²) in [7, 11) is 0.